The minimum atomic E-state index is 0.0288. The maximum Gasteiger partial charge on any atom is 0.180 e. The van der Waals surface area contributed by atoms with E-state index in [1.807, 2.05) is 12.3 Å². The zero-order valence-electron chi connectivity index (χ0n) is 6.17. The van der Waals surface area contributed by atoms with Crippen molar-refractivity contribution in [2.24, 2.45) is 0 Å². The lowest BCUT2D eigenvalue weighted by Crippen LogP contribution is -1.98. The van der Waals surface area contributed by atoms with Gasteiger partial charge in [-0.2, -0.15) is 0 Å². The zero-order valence-corrected chi connectivity index (χ0v) is 7.76. The van der Waals surface area contributed by atoms with Crippen LogP contribution in [0.15, 0.2) is 39.7 Å². The summed E-state index contributed by atoms with van der Waals surface area (Å²) >= 11 is 3.34. The molecule has 0 aromatic heterocycles. The molecule has 60 valence electrons. The molecule has 0 fully saturated rings. The Bertz CT molecular complexity index is 435. The van der Waals surface area contributed by atoms with Gasteiger partial charge in [0, 0.05) is 22.4 Å². The number of halogens is 1. The van der Waals surface area contributed by atoms with Crippen LogP contribution in [-0.4, -0.2) is 4.98 Å². The molecule has 0 amide bonds. The van der Waals surface area contributed by atoms with E-state index in [2.05, 4.69) is 20.9 Å². The summed E-state index contributed by atoms with van der Waals surface area (Å²) < 4.78 is 0.980. The molecule has 2 rings (SSSR count). The van der Waals surface area contributed by atoms with Crippen LogP contribution in [0.2, 0.25) is 0 Å². The molecule has 3 heteroatoms. The van der Waals surface area contributed by atoms with Crippen LogP contribution in [0.25, 0.3) is 11.3 Å². The van der Waals surface area contributed by atoms with E-state index in [1.165, 1.54) is 0 Å². The molecule has 0 atom stereocenters. The molecule has 0 saturated heterocycles. The Balaban J connectivity index is 2.80. The highest BCUT2D eigenvalue weighted by Crippen LogP contribution is 2.20. The molecule has 0 saturated carbocycles. The predicted octanol–water partition coefficient (Wildman–Crippen LogP) is 2.24. The van der Waals surface area contributed by atoms with E-state index in [-0.39, 0.29) is 5.43 Å². The Labute approximate surface area is 77.7 Å². The SMILES string of the molecule is O=c1ccc2cc(Br)c[nH]c-2c1. The fraction of sp³-hybridized carbons (Fsp3) is 0. The van der Waals surface area contributed by atoms with E-state index >= 15 is 0 Å². The van der Waals surface area contributed by atoms with Crippen LogP contribution >= 0.6 is 15.9 Å². The first-order chi connectivity index (χ1) is 5.75. The summed E-state index contributed by atoms with van der Waals surface area (Å²) in [7, 11) is 0. The zero-order chi connectivity index (χ0) is 8.55. The van der Waals surface area contributed by atoms with Gasteiger partial charge in [-0.1, -0.05) is 0 Å². The number of pyridine rings is 1. The third-order valence-electron chi connectivity index (χ3n) is 1.68. The summed E-state index contributed by atoms with van der Waals surface area (Å²) in [6.07, 6.45) is 1.81. The van der Waals surface area contributed by atoms with Gasteiger partial charge in [0.2, 0.25) is 0 Å². The predicted molar refractivity (Wildman–Crippen MR) is 51.4 cm³/mol. The van der Waals surface area contributed by atoms with Gasteiger partial charge in [0.1, 0.15) is 0 Å². The first-order valence-electron chi connectivity index (χ1n) is 3.54. The number of hydrogen-bond acceptors (Lipinski definition) is 1. The van der Waals surface area contributed by atoms with Gasteiger partial charge < -0.3 is 4.98 Å². The van der Waals surface area contributed by atoms with Crippen molar-refractivity contribution >= 4 is 15.9 Å². The minimum Gasteiger partial charge on any atom is -0.360 e. The van der Waals surface area contributed by atoms with E-state index in [0.29, 0.717) is 0 Å². The third-order valence-corrected chi connectivity index (χ3v) is 2.14. The molecule has 0 aromatic carbocycles. The molecule has 1 N–H and O–H groups in total. The highest BCUT2D eigenvalue weighted by atomic mass is 79.9. The Morgan fingerprint density at radius 1 is 1.25 bits per heavy atom. The smallest absolute Gasteiger partial charge is 0.180 e. The highest BCUT2D eigenvalue weighted by molar-refractivity contribution is 9.10. The van der Waals surface area contributed by atoms with Crippen molar-refractivity contribution in [1.82, 2.24) is 4.98 Å². The molecule has 1 aliphatic carbocycles. The Morgan fingerprint density at radius 3 is 2.92 bits per heavy atom. The molecule has 0 unspecified atom stereocenters. The molecule has 0 aromatic rings. The Morgan fingerprint density at radius 2 is 2.08 bits per heavy atom. The third kappa shape index (κ3) is 1.28. The van der Waals surface area contributed by atoms with Gasteiger partial charge in [0.15, 0.2) is 5.43 Å². The van der Waals surface area contributed by atoms with Gasteiger partial charge in [-0.25, -0.2) is 0 Å². The summed E-state index contributed by atoms with van der Waals surface area (Å²) in [5.74, 6) is 0. The van der Waals surface area contributed by atoms with E-state index in [1.54, 1.807) is 18.2 Å². The molecular weight excluding hydrogens is 218 g/mol. The topological polar surface area (TPSA) is 32.9 Å². The second-order valence-electron chi connectivity index (χ2n) is 2.57. The lowest BCUT2D eigenvalue weighted by atomic mass is 10.1. The summed E-state index contributed by atoms with van der Waals surface area (Å²) in [4.78, 5) is 13.9. The number of aromatic amines is 1. The van der Waals surface area contributed by atoms with E-state index in [9.17, 15) is 4.79 Å². The van der Waals surface area contributed by atoms with Crippen LogP contribution in [0.5, 0.6) is 0 Å². The fourth-order valence-electron chi connectivity index (χ4n) is 1.12. The standard InChI is InChI=1S/C9H6BrNO/c10-7-3-6-1-2-8(12)4-9(6)11-5-7/h1-5,11H. The van der Waals surface area contributed by atoms with Crippen LogP contribution in [0, 0.1) is 0 Å². The number of nitrogens with one attached hydrogen (secondary N) is 1. The summed E-state index contributed by atoms with van der Waals surface area (Å²) in [5, 5.41) is 0. The molecule has 1 aliphatic heterocycles. The van der Waals surface area contributed by atoms with Gasteiger partial charge in [-0.05, 0) is 39.7 Å². The first-order valence-corrected chi connectivity index (χ1v) is 4.33. The number of hydrogen-bond donors (Lipinski definition) is 1. The maximum atomic E-state index is 10.9. The molecule has 2 nitrogen and oxygen atoms in total. The van der Waals surface area contributed by atoms with Gasteiger partial charge in [0.05, 0.1) is 0 Å². The van der Waals surface area contributed by atoms with Crippen molar-refractivity contribution in [1.29, 1.82) is 0 Å². The lowest BCUT2D eigenvalue weighted by Gasteiger charge is -2.03. The van der Waals surface area contributed by atoms with Crippen molar-refractivity contribution in [3.8, 4) is 11.3 Å². The highest BCUT2D eigenvalue weighted by Gasteiger charge is 2.00. The molecular formula is C9H6BrNO. The van der Waals surface area contributed by atoms with Crippen LogP contribution in [0.4, 0.5) is 0 Å². The largest absolute Gasteiger partial charge is 0.360 e. The summed E-state index contributed by atoms with van der Waals surface area (Å²) in [6.45, 7) is 0. The van der Waals surface area contributed by atoms with Crippen molar-refractivity contribution in [2.45, 2.75) is 0 Å². The van der Waals surface area contributed by atoms with E-state index < -0.39 is 0 Å². The van der Waals surface area contributed by atoms with Crippen molar-refractivity contribution in [2.75, 3.05) is 0 Å². The number of benzene rings is 1. The van der Waals surface area contributed by atoms with Crippen LogP contribution in [-0.2, 0) is 0 Å². The first kappa shape index (κ1) is 7.55. The van der Waals surface area contributed by atoms with Crippen molar-refractivity contribution in [3.05, 3.63) is 45.2 Å². The fourth-order valence-corrected chi connectivity index (χ4v) is 1.48. The number of fused-ring (bicyclic) bond motifs is 1. The van der Waals surface area contributed by atoms with Gasteiger partial charge in [-0.3, -0.25) is 4.79 Å². The van der Waals surface area contributed by atoms with Crippen molar-refractivity contribution < 1.29 is 0 Å². The molecule has 2 aliphatic rings. The average molecular weight is 224 g/mol. The number of aromatic nitrogens is 1. The second kappa shape index (κ2) is 2.75. The van der Waals surface area contributed by atoms with Crippen LogP contribution in [0.1, 0.15) is 0 Å². The van der Waals surface area contributed by atoms with E-state index in [0.717, 1.165) is 15.7 Å². The number of H-pyrrole nitrogens is 1. The molecule has 0 spiro atoms. The quantitative estimate of drug-likeness (QED) is 0.731. The normalized spacial score (nSPS) is 10.4. The molecule has 12 heavy (non-hydrogen) atoms. The molecule has 0 radical (unpaired) electrons. The van der Waals surface area contributed by atoms with Crippen LogP contribution < -0.4 is 5.43 Å². The van der Waals surface area contributed by atoms with Crippen molar-refractivity contribution in [3.63, 3.8) is 0 Å². The van der Waals surface area contributed by atoms with E-state index in [4.69, 9.17) is 0 Å². The molecule has 1 heterocycles. The lowest BCUT2D eigenvalue weighted by molar-refractivity contribution is 1.29. The average Bonchev–Trinajstić information content (AvgIpc) is 2.05. The Kier molecular flexibility index (Phi) is 1.73. The van der Waals surface area contributed by atoms with Gasteiger partial charge in [0.25, 0.3) is 0 Å². The van der Waals surface area contributed by atoms with Gasteiger partial charge >= 0.3 is 0 Å². The second-order valence-corrected chi connectivity index (χ2v) is 3.48. The number of rotatable bonds is 0. The molecule has 0 bridgehead atoms. The monoisotopic (exact) mass is 223 g/mol. The van der Waals surface area contributed by atoms with Crippen LogP contribution in [0.3, 0.4) is 0 Å². The summed E-state index contributed by atoms with van der Waals surface area (Å²) in [5.41, 5.74) is 1.93. The maximum absolute atomic E-state index is 10.9. The summed E-state index contributed by atoms with van der Waals surface area (Å²) in [6, 6.07) is 6.91. The Hall–Kier alpha value is -1.09. The minimum absolute atomic E-state index is 0.0288. The van der Waals surface area contributed by atoms with Gasteiger partial charge in [-0.15, -0.1) is 0 Å².